The molecule has 2 saturated heterocycles. The molecule has 2 aliphatic rings. The van der Waals surface area contributed by atoms with E-state index >= 15 is 0 Å². The SMILES string of the molecule is CC(C)(C)OC(=O)OC[C@@H]1O[C@]1(CC[C@H]1OC1(C)C)[Si](C)(C)C. The van der Waals surface area contributed by atoms with Crippen molar-refractivity contribution in [1.29, 1.82) is 0 Å². The second-order valence-corrected chi connectivity index (χ2v) is 14.6. The number of carbonyl (C=O) groups excluding carboxylic acids is 1. The lowest BCUT2D eigenvalue weighted by Crippen LogP contribution is -2.45. The summed E-state index contributed by atoms with van der Waals surface area (Å²) < 4.78 is 22.2. The van der Waals surface area contributed by atoms with E-state index in [0.717, 1.165) is 12.8 Å². The first kappa shape index (κ1) is 18.7. The van der Waals surface area contributed by atoms with Crippen molar-refractivity contribution in [2.24, 2.45) is 0 Å². The summed E-state index contributed by atoms with van der Waals surface area (Å²) in [4.78, 5) is 11.7. The van der Waals surface area contributed by atoms with E-state index in [2.05, 4.69) is 33.5 Å². The van der Waals surface area contributed by atoms with Crippen LogP contribution in [0.2, 0.25) is 19.6 Å². The zero-order chi connectivity index (χ0) is 17.7. The summed E-state index contributed by atoms with van der Waals surface area (Å²) in [5.41, 5.74) is -0.524. The summed E-state index contributed by atoms with van der Waals surface area (Å²) in [6.45, 7) is 16.9. The maximum atomic E-state index is 11.7. The van der Waals surface area contributed by atoms with E-state index < -0.39 is 19.8 Å². The molecule has 0 aromatic carbocycles. The van der Waals surface area contributed by atoms with Crippen LogP contribution in [0.5, 0.6) is 0 Å². The Kier molecular flexibility index (Phi) is 4.68. The maximum Gasteiger partial charge on any atom is 0.508 e. The summed E-state index contributed by atoms with van der Waals surface area (Å²) in [6, 6.07) is 0. The van der Waals surface area contributed by atoms with E-state index in [0.29, 0.717) is 6.10 Å². The lowest BCUT2D eigenvalue weighted by molar-refractivity contribution is -0.00948. The lowest BCUT2D eigenvalue weighted by atomic mass is 10.0. The molecule has 2 fully saturated rings. The number of epoxide rings is 2. The average molecular weight is 345 g/mol. The second-order valence-electron chi connectivity index (χ2n) is 9.27. The van der Waals surface area contributed by atoms with Crippen LogP contribution in [0.1, 0.15) is 47.5 Å². The molecule has 2 aliphatic heterocycles. The van der Waals surface area contributed by atoms with Crippen LogP contribution in [0, 0.1) is 0 Å². The summed E-state index contributed by atoms with van der Waals surface area (Å²) in [7, 11) is -1.55. The average Bonchev–Trinajstić information content (AvgIpc) is 3.17. The first-order chi connectivity index (χ1) is 10.3. The van der Waals surface area contributed by atoms with Crippen molar-refractivity contribution >= 4 is 14.2 Å². The van der Waals surface area contributed by atoms with Crippen LogP contribution in [0.4, 0.5) is 4.79 Å². The Morgan fingerprint density at radius 1 is 1.13 bits per heavy atom. The third-order valence-electron chi connectivity index (χ3n) is 4.77. The van der Waals surface area contributed by atoms with E-state index in [4.69, 9.17) is 18.9 Å². The van der Waals surface area contributed by atoms with E-state index in [9.17, 15) is 4.79 Å². The third kappa shape index (κ3) is 4.48. The van der Waals surface area contributed by atoms with E-state index in [-0.39, 0.29) is 23.5 Å². The van der Waals surface area contributed by atoms with Gasteiger partial charge in [0.15, 0.2) is 0 Å². The molecular weight excluding hydrogens is 312 g/mol. The van der Waals surface area contributed by atoms with Gasteiger partial charge in [-0.25, -0.2) is 4.79 Å². The molecule has 0 unspecified atom stereocenters. The largest absolute Gasteiger partial charge is 0.508 e. The highest BCUT2D eigenvalue weighted by atomic mass is 28.3. The van der Waals surface area contributed by atoms with Crippen LogP contribution in [0.3, 0.4) is 0 Å². The van der Waals surface area contributed by atoms with Crippen LogP contribution in [0.15, 0.2) is 0 Å². The lowest BCUT2D eigenvalue weighted by Gasteiger charge is -2.26. The predicted octanol–water partition coefficient (Wildman–Crippen LogP) is 3.91. The van der Waals surface area contributed by atoms with Crippen molar-refractivity contribution in [3.63, 3.8) is 0 Å². The Balaban J connectivity index is 1.84. The quantitative estimate of drug-likeness (QED) is 0.415. The topological polar surface area (TPSA) is 60.6 Å². The number of ether oxygens (including phenoxy) is 4. The molecule has 0 N–H and O–H groups in total. The van der Waals surface area contributed by atoms with Crippen molar-refractivity contribution in [2.45, 2.75) is 95.7 Å². The monoisotopic (exact) mass is 344 g/mol. The van der Waals surface area contributed by atoms with E-state index in [1.807, 2.05) is 20.8 Å². The molecule has 0 bridgehead atoms. The van der Waals surface area contributed by atoms with Gasteiger partial charge < -0.3 is 18.9 Å². The van der Waals surface area contributed by atoms with Crippen molar-refractivity contribution < 1.29 is 23.7 Å². The Morgan fingerprint density at radius 2 is 1.70 bits per heavy atom. The minimum atomic E-state index is -1.55. The van der Waals surface area contributed by atoms with Crippen molar-refractivity contribution in [3.8, 4) is 0 Å². The van der Waals surface area contributed by atoms with Gasteiger partial charge in [-0.1, -0.05) is 19.6 Å². The van der Waals surface area contributed by atoms with Crippen molar-refractivity contribution in [2.75, 3.05) is 6.61 Å². The van der Waals surface area contributed by atoms with Gasteiger partial charge in [-0.05, 0) is 47.5 Å². The third-order valence-corrected chi connectivity index (χ3v) is 8.00. The minimum Gasteiger partial charge on any atom is -0.431 e. The number of carbonyl (C=O) groups is 1. The van der Waals surface area contributed by atoms with Crippen LogP contribution in [-0.4, -0.2) is 49.5 Å². The zero-order valence-corrected chi connectivity index (χ0v) is 16.8. The fourth-order valence-electron chi connectivity index (χ4n) is 3.15. The molecule has 5 nitrogen and oxygen atoms in total. The summed E-state index contributed by atoms with van der Waals surface area (Å²) in [5.74, 6) is 0. The van der Waals surface area contributed by atoms with Gasteiger partial charge in [0.25, 0.3) is 0 Å². The second kappa shape index (κ2) is 5.74. The molecule has 0 aliphatic carbocycles. The number of hydrogen-bond acceptors (Lipinski definition) is 5. The molecule has 23 heavy (non-hydrogen) atoms. The maximum absolute atomic E-state index is 11.7. The highest BCUT2D eigenvalue weighted by molar-refractivity contribution is 6.79. The highest BCUT2D eigenvalue weighted by Crippen LogP contribution is 2.50. The summed E-state index contributed by atoms with van der Waals surface area (Å²) >= 11 is 0. The van der Waals surface area contributed by atoms with Crippen LogP contribution < -0.4 is 0 Å². The zero-order valence-electron chi connectivity index (χ0n) is 15.8. The smallest absolute Gasteiger partial charge is 0.431 e. The fourth-order valence-corrected chi connectivity index (χ4v) is 5.59. The van der Waals surface area contributed by atoms with Crippen LogP contribution in [-0.2, 0) is 18.9 Å². The molecule has 0 amide bonds. The number of rotatable bonds is 6. The van der Waals surface area contributed by atoms with E-state index in [1.54, 1.807) is 0 Å². The molecular formula is C17H32O5Si. The highest BCUT2D eigenvalue weighted by Gasteiger charge is 2.65. The molecule has 2 rings (SSSR count). The van der Waals surface area contributed by atoms with Crippen LogP contribution in [0.25, 0.3) is 0 Å². The van der Waals surface area contributed by atoms with Gasteiger partial charge in [0.1, 0.15) is 18.3 Å². The normalized spacial score (nSPS) is 32.3. The molecule has 6 heteroatoms. The summed E-state index contributed by atoms with van der Waals surface area (Å²) in [5, 5.41) is -0.114. The predicted molar refractivity (Wildman–Crippen MR) is 91.3 cm³/mol. The number of hydrogen-bond donors (Lipinski definition) is 0. The molecule has 134 valence electrons. The first-order valence-electron chi connectivity index (χ1n) is 8.48. The Morgan fingerprint density at radius 3 is 2.13 bits per heavy atom. The Hall–Kier alpha value is -0.593. The Labute approximate surface area is 141 Å². The first-order valence-corrected chi connectivity index (χ1v) is 12.0. The molecule has 0 aromatic rings. The minimum absolute atomic E-state index is 0.0106. The molecule has 0 spiro atoms. The van der Waals surface area contributed by atoms with Gasteiger partial charge in [0.2, 0.25) is 0 Å². The molecule has 2 heterocycles. The van der Waals surface area contributed by atoms with Gasteiger partial charge in [0.05, 0.1) is 25.0 Å². The molecule has 0 aromatic heterocycles. The van der Waals surface area contributed by atoms with Gasteiger partial charge in [-0.3, -0.25) is 0 Å². The summed E-state index contributed by atoms with van der Waals surface area (Å²) in [6.07, 6.45) is 1.67. The van der Waals surface area contributed by atoms with Crippen molar-refractivity contribution in [3.05, 3.63) is 0 Å². The van der Waals surface area contributed by atoms with Gasteiger partial charge >= 0.3 is 6.16 Å². The molecule has 0 radical (unpaired) electrons. The van der Waals surface area contributed by atoms with Crippen molar-refractivity contribution in [1.82, 2.24) is 0 Å². The van der Waals surface area contributed by atoms with Gasteiger partial charge in [-0.2, -0.15) is 0 Å². The van der Waals surface area contributed by atoms with E-state index in [1.165, 1.54) is 0 Å². The van der Waals surface area contributed by atoms with Gasteiger partial charge in [0, 0.05) is 0 Å². The Bertz CT molecular complexity index is 463. The standard InChI is InChI=1S/C17H32O5Si/c1-15(2,3)22-14(18)19-11-13-17(21-13,23(6,7)8)10-9-12-16(4,5)20-12/h12-13H,9-11H2,1-8H3/t12-,13+,17-/m1/s1. The molecule has 0 saturated carbocycles. The molecule has 3 atom stereocenters. The van der Waals surface area contributed by atoms with Gasteiger partial charge in [-0.15, -0.1) is 0 Å². The van der Waals surface area contributed by atoms with Crippen LogP contribution >= 0.6 is 0 Å². The fraction of sp³-hybridized carbons (Fsp3) is 0.941.